The third-order valence-electron chi connectivity index (χ3n) is 3.02. The number of hydrogen-bond donors (Lipinski definition) is 2. The summed E-state index contributed by atoms with van der Waals surface area (Å²) in [6.45, 7) is 2.13. The van der Waals surface area contributed by atoms with Crippen LogP contribution in [0.2, 0.25) is 0 Å². The second kappa shape index (κ2) is 5.50. The number of aliphatic hydroxyl groups is 1. The number of benzene rings is 1. The summed E-state index contributed by atoms with van der Waals surface area (Å²) in [7, 11) is 0. The molecule has 1 fully saturated rings. The van der Waals surface area contributed by atoms with Gasteiger partial charge in [0.15, 0.2) is 0 Å². The van der Waals surface area contributed by atoms with Crippen molar-refractivity contribution in [3.8, 4) is 0 Å². The lowest BCUT2D eigenvalue weighted by molar-refractivity contribution is -0.147. The Bertz CT molecular complexity index is 401. The largest absolute Gasteiger partial charge is 0.465 e. The molecule has 1 aliphatic rings. The third-order valence-corrected chi connectivity index (χ3v) is 3.02. The Labute approximate surface area is 107 Å². The van der Waals surface area contributed by atoms with Gasteiger partial charge in [0, 0.05) is 0 Å². The van der Waals surface area contributed by atoms with E-state index in [9.17, 15) is 9.90 Å². The van der Waals surface area contributed by atoms with Crippen molar-refractivity contribution in [1.29, 1.82) is 0 Å². The van der Waals surface area contributed by atoms with E-state index in [1.54, 1.807) is 6.92 Å². The van der Waals surface area contributed by atoms with Gasteiger partial charge in [0.05, 0.1) is 6.61 Å². The van der Waals surface area contributed by atoms with Crippen molar-refractivity contribution in [3.05, 3.63) is 35.9 Å². The maximum Gasteiger partial charge on any atom is 0.323 e. The number of esters is 1. The standard InChI is InChI=1S/C14H19NO3/c1-2-18-13(16)12(15-14(17)8-9-14)10-11-6-4-3-5-7-11/h3-7,12,15,17H,2,8-10H2,1H3. The number of carbonyl (C=O) groups is 1. The van der Waals surface area contributed by atoms with E-state index in [1.165, 1.54) is 0 Å². The zero-order valence-electron chi connectivity index (χ0n) is 10.6. The minimum absolute atomic E-state index is 0.304. The van der Waals surface area contributed by atoms with Crippen LogP contribution >= 0.6 is 0 Å². The molecule has 2 N–H and O–H groups in total. The van der Waals surface area contributed by atoms with Gasteiger partial charge in [-0.05, 0) is 31.7 Å². The maximum absolute atomic E-state index is 11.9. The molecule has 18 heavy (non-hydrogen) atoms. The molecule has 0 saturated heterocycles. The van der Waals surface area contributed by atoms with Gasteiger partial charge in [-0.2, -0.15) is 0 Å². The fourth-order valence-corrected chi connectivity index (χ4v) is 1.87. The van der Waals surface area contributed by atoms with E-state index >= 15 is 0 Å². The minimum atomic E-state index is -0.869. The van der Waals surface area contributed by atoms with Gasteiger partial charge in [0.2, 0.25) is 0 Å². The molecule has 4 nitrogen and oxygen atoms in total. The molecular formula is C14H19NO3. The summed E-state index contributed by atoms with van der Waals surface area (Å²) in [6.07, 6.45) is 1.91. The second-order valence-corrected chi connectivity index (χ2v) is 4.67. The van der Waals surface area contributed by atoms with E-state index in [0.29, 0.717) is 25.9 Å². The van der Waals surface area contributed by atoms with Crippen LogP contribution in [-0.2, 0) is 16.0 Å². The monoisotopic (exact) mass is 249 g/mol. The van der Waals surface area contributed by atoms with Gasteiger partial charge in [-0.3, -0.25) is 10.1 Å². The summed E-state index contributed by atoms with van der Waals surface area (Å²) < 4.78 is 5.04. The Morgan fingerprint density at radius 2 is 2.11 bits per heavy atom. The molecule has 1 aliphatic carbocycles. The van der Waals surface area contributed by atoms with E-state index in [2.05, 4.69) is 5.32 Å². The number of rotatable bonds is 6. The van der Waals surface area contributed by atoms with Crippen LogP contribution < -0.4 is 5.32 Å². The minimum Gasteiger partial charge on any atom is -0.465 e. The number of ether oxygens (including phenoxy) is 1. The van der Waals surface area contributed by atoms with Crippen LogP contribution in [0.4, 0.5) is 0 Å². The molecular weight excluding hydrogens is 230 g/mol. The highest BCUT2D eigenvalue weighted by Gasteiger charge is 2.43. The van der Waals surface area contributed by atoms with Crippen molar-refractivity contribution >= 4 is 5.97 Å². The zero-order valence-corrected chi connectivity index (χ0v) is 10.6. The van der Waals surface area contributed by atoms with E-state index in [-0.39, 0.29) is 5.97 Å². The first-order valence-electron chi connectivity index (χ1n) is 6.33. The molecule has 0 spiro atoms. The van der Waals surface area contributed by atoms with Gasteiger partial charge in [-0.1, -0.05) is 30.3 Å². The lowest BCUT2D eigenvalue weighted by Crippen LogP contribution is -2.47. The van der Waals surface area contributed by atoms with Crippen molar-refractivity contribution in [3.63, 3.8) is 0 Å². The van der Waals surface area contributed by atoms with Crippen LogP contribution in [0.1, 0.15) is 25.3 Å². The van der Waals surface area contributed by atoms with Crippen LogP contribution in [0, 0.1) is 0 Å². The molecule has 1 aromatic carbocycles. The molecule has 4 heteroatoms. The van der Waals surface area contributed by atoms with Crippen LogP contribution in [0.3, 0.4) is 0 Å². The fourth-order valence-electron chi connectivity index (χ4n) is 1.87. The van der Waals surface area contributed by atoms with E-state index < -0.39 is 11.8 Å². The predicted octanol–water partition coefficient (Wildman–Crippen LogP) is 1.23. The Hall–Kier alpha value is -1.39. The number of hydrogen-bond acceptors (Lipinski definition) is 4. The van der Waals surface area contributed by atoms with Crippen LogP contribution in [0.25, 0.3) is 0 Å². The van der Waals surface area contributed by atoms with Gasteiger partial charge >= 0.3 is 5.97 Å². The van der Waals surface area contributed by atoms with E-state index in [4.69, 9.17) is 4.74 Å². The van der Waals surface area contributed by atoms with Gasteiger partial charge < -0.3 is 9.84 Å². The van der Waals surface area contributed by atoms with Crippen molar-refractivity contribution < 1.29 is 14.6 Å². The topological polar surface area (TPSA) is 58.6 Å². The van der Waals surface area contributed by atoms with E-state index in [1.807, 2.05) is 30.3 Å². The summed E-state index contributed by atoms with van der Waals surface area (Å²) in [5.41, 5.74) is 0.180. The van der Waals surface area contributed by atoms with Crippen LogP contribution in [-0.4, -0.2) is 29.4 Å². The molecule has 98 valence electrons. The van der Waals surface area contributed by atoms with Crippen LogP contribution in [0.5, 0.6) is 0 Å². The SMILES string of the molecule is CCOC(=O)C(Cc1ccccc1)NC1(O)CC1. The maximum atomic E-state index is 11.9. The molecule has 0 bridgehead atoms. The predicted molar refractivity (Wildman–Crippen MR) is 67.9 cm³/mol. The molecule has 2 rings (SSSR count). The Balaban J connectivity index is 2.02. The first kappa shape index (κ1) is 13.1. The lowest BCUT2D eigenvalue weighted by Gasteiger charge is -2.20. The molecule has 0 radical (unpaired) electrons. The molecule has 1 atom stereocenters. The van der Waals surface area contributed by atoms with Crippen molar-refractivity contribution in [1.82, 2.24) is 5.32 Å². The van der Waals surface area contributed by atoms with Crippen molar-refractivity contribution in [2.75, 3.05) is 6.61 Å². The first-order valence-corrected chi connectivity index (χ1v) is 6.33. The molecule has 1 aromatic rings. The third kappa shape index (κ3) is 3.55. The highest BCUT2D eigenvalue weighted by Crippen LogP contribution is 2.32. The Kier molecular flexibility index (Phi) is 3.99. The van der Waals surface area contributed by atoms with Gasteiger partial charge in [0.1, 0.15) is 11.8 Å². The highest BCUT2D eigenvalue weighted by molar-refractivity contribution is 5.76. The lowest BCUT2D eigenvalue weighted by atomic mass is 10.1. The Morgan fingerprint density at radius 1 is 1.44 bits per heavy atom. The first-order chi connectivity index (χ1) is 8.63. The zero-order chi connectivity index (χ0) is 13.0. The normalized spacial score (nSPS) is 18.1. The molecule has 1 saturated carbocycles. The average Bonchev–Trinajstić information content (AvgIpc) is 3.08. The van der Waals surface area contributed by atoms with Gasteiger partial charge in [-0.15, -0.1) is 0 Å². The van der Waals surface area contributed by atoms with Crippen LogP contribution in [0.15, 0.2) is 30.3 Å². The van der Waals surface area contributed by atoms with E-state index in [0.717, 1.165) is 5.56 Å². The highest BCUT2D eigenvalue weighted by atomic mass is 16.5. The molecule has 0 heterocycles. The van der Waals surface area contributed by atoms with Crippen molar-refractivity contribution in [2.24, 2.45) is 0 Å². The summed E-state index contributed by atoms with van der Waals surface area (Å²) in [5.74, 6) is -0.304. The molecule has 0 aromatic heterocycles. The van der Waals surface area contributed by atoms with Crippen molar-refractivity contribution in [2.45, 2.75) is 38.0 Å². The molecule has 0 amide bonds. The summed E-state index contributed by atoms with van der Waals surface area (Å²) >= 11 is 0. The number of nitrogens with one attached hydrogen (secondary N) is 1. The average molecular weight is 249 g/mol. The second-order valence-electron chi connectivity index (χ2n) is 4.67. The summed E-state index contributed by atoms with van der Waals surface area (Å²) in [5, 5.41) is 12.9. The molecule has 1 unspecified atom stereocenters. The summed E-state index contributed by atoms with van der Waals surface area (Å²) in [4.78, 5) is 11.9. The number of carbonyl (C=O) groups excluding carboxylic acids is 1. The summed E-state index contributed by atoms with van der Waals surface area (Å²) in [6, 6.07) is 9.24. The molecule has 0 aliphatic heterocycles. The van der Waals surface area contributed by atoms with Gasteiger partial charge in [-0.25, -0.2) is 0 Å². The fraction of sp³-hybridized carbons (Fsp3) is 0.500. The Morgan fingerprint density at radius 3 is 2.67 bits per heavy atom. The van der Waals surface area contributed by atoms with Gasteiger partial charge in [0.25, 0.3) is 0 Å². The quantitative estimate of drug-likeness (QED) is 0.588. The smallest absolute Gasteiger partial charge is 0.323 e.